The third-order valence-corrected chi connectivity index (χ3v) is 6.73. The summed E-state index contributed by atoms with van der Waals surface area (Å²) in [6, 6.07) is 13.1. The van der Waals surface area contributed by atoms with E-state index in [2.05, 4.69) is 20.5 Å². The first-order valence-corrected chi connectivity index (χ1v) is 12.0. The molecular weight excluding hydrogens is 474 g/mol. The zero-order valence-corrected chi connectivity index (χ0v) is 20.7. The van der Waals surface area contributed by atoms with Crippen LogP contribution in [0.5, 0.6) is 17.2 Å². The van der Waals surface area contributed by atoms with Crippen molar-refractivity contribution in [1.82, 2.24) is 19.7 Å². The van der Waals surface area contributed by atoms with Gasteiger partial charge >= 0.3 is 0 Å². The van der Waals surface area contributed by atoms with Gasteiger partial charge in [-0.2, -0.15) is 0 Å². The maximum atomic E-state index is 12.5. The van der Waals surface area contributed by atoms with Crippen LogP contribution in [0.2, 0.25) is 0 Å². The van der Waals surface area contributed by atoms with Gasteiger partial charge in [0.05, 0.1) is 32.8 Å². The predicted molar refractivity (Wildman–Crippen MR) is 133 cm³/mol. The van der Waals surface area contributed by atoms with Crippen molar-refractivity contribution in [2.45, 2.75) is 5.16 Å². The Hall–Kier alpha value is -3.57. The third-order valence-electron chi connectivity index (χ3n) is 4.95. The Labute approximate surface area is 205 Å². The highest BCUT2D eigenvalue weighted by Crippen LogP contribution is 2.35. The Kier molecular flexibility index (Phi) is 7.33. The monoisotopic (exact) mass is 497 g/mol. The van der Waals surface area contributed by atoms with Crippen LogP contribution in [0.15, 0.2) is 53.0 Å². The van der Waals surface area contributed by atoms with E-state index in [1.54, 1.807) is 27.4 Å². The summed E-state index contributed by atoms with van der Waals surface area (Å²) >= 11 is 2.65. The number of nitrogens with one attached hydrogen (secondary N) is 1. The highest BCUT2D eigenvalue weighted by molar-refractivity contribution is 7.99. The fourth-order valence-corrected chi connectivity index (χ4v) is 4.62. The molecule has 0 saturated heterocycles. The van der Waals surface area contributed by atoms with Crippen LogP contribution in [0.1, 0.15) is 0 Å². The van der Waals surface area contributed by atoms with Gasteiger partial charge in [0.25, 0.3) is 0 Å². The molecule has 0 unspecified atom stereocenters. The van der Waals surface area contributed by atoms with Gasteiger partial charge in [-0.05, 0) is 36.4 Å². The zero-order valence-electron chi connectivity index (χ0n) is 19.1. The number of hydrogen-bond donors (Lipinski definition) is 1. The normalized spacial score (nSPS) is 10.7. The number of nitrogens with zero attached hydrogens (tertiary/aromatic N) is 4. The lowest BCUT2D eigenvalue weighted by atomic mass is 10.1. The number of thiazole rings is 1. The highest BCUT2D eigenvalue weighted by Gasteiger charge is 2.15. The number of benzene rings is 2. The largest absolute Gasteiger partial charge is 0.497 e. The molecule has 0 bridgehead atoms. The SMILES string of the molecule is COc1ccc(-c2nnc(SCC(=O)Nc3nc(-c4ccc(OC)cc4OC)cs3)n2C)cc1. The molecule has 0 aliphatic carbocycles. The van der Waals surface area contributed by atoms with Gasteiger partial charge in [0.15, 0.2) is 16.1 Å². The first kappa shape index (κ1) is 23.6. The first-order valence-electron chi connectivity index (χ1n) is 10.2. The van der Waals surface area contributed by atoms with Gasteiger partial charge in [-0.15, -0.1) is 21.5 Å². The number of amides is 1. The average Bonchev–Trinajstić information content (AvgIpc) is 3.48. The molecule has 2 heterocycles. The minimum atomic E-state index is -0.179. The number of methoxy groups -OCH3 is 3. The number of carbonyl (C=O) groups excluding carboxylic acids is 1. The van der Waals surface area contributed by atoms with Crippen molar-refractivity contribution < 1.29 is 19.0 Å². The maximum absolute atomic E-state index is 12.5. The van der Waals surface area contributed by atoms with Gasteiger partial charge in [0, 0.05) is 29.6 Å². The number of thioether (sulfide) groups is 1. The molecule has 34 heavy (non-hydrogen) atoms. The second-order valence-electron chi connectivity index (χ2n) is 7.03. The van der Waals surface area contributed by atoms with E-state index in [1.807, 2.05) is 53.4 Å². The van der Waals surface area contributed by atoms with Crippen molar-refractivity contribution in [3.63, 3.8) is 0 Å². The molecule has 0 saturated carbocycles. The Morgan fingerprint density at radius 1 is 1.03 bits per heavy atom. The van der Waals surface area contributed by atoms with Crippen molar-refractivity contribution in [1.29, 1.82) is 0 Å². The molecule has 0 fully saturated rings. The fraction of sp³-hybridized carbons (Fsp3) is 0.217. The minimum Gasteiger partial charge on any atom is -0.497 e. The van der Waals surface area contributed by atoms with Gasteiger partial charge < -0.3 is 24.1 Å². The summed E-state index contributed by atoms with van der Waals surface area (Å²) < 4.78 is 17.7. The van der Waals surface area contributed by atoms with E-state index in [-0.39, 0.29) is 11.7 Å². The highest BCUT2D eigenvalue weighted by atomic mass is 32.2. The predicted octanol–water partition coefficient (Wildman–Crippen LogP) is 4.36. The first-order chi connectivity index (χ1) is 16.5. The van der Waals surface area contributed by atoms with Gasteiger partial charge in [-0.3, -0.25) is 4.79 Å². The number of hydrogen-bond acceptors (Lipinski definition) is 9. The van der Waals surface area contributed by atoms with Crippen molar-refractivity contribution in [3.8, 4) is 39.9 Å². The van der Waals surface area contributed by atoms with Crippen LogP contribution < -0.4 is 19.5 Å². The van der Waals surface area contributed by atoms with E-state index in [0.717, 1.165) is 16.9 Å². The molecule has 0 spiro atoms. The molecule has 0 aliphatic rings. The molecule has 11 heteroatoms. The number of aromatic nitrogens is 4. The standard InChI is InChI=1S/C23H23N5O4S2/c1-28-21(14-5-7-15(30-2)8-6-14)26-27-23(28)34-13-20(29)25-22-24-18(12-33-22)17-10-9-16(31-3)11-19(17)32-4/h5-12H,13H2,1-4H3,(H,24,25,29). The molecule has 0 aliphatic heterocycles. The number of carbonyl (C=O) groups is 1. The summed E-state index contributed by atoms with van der Waals surface area (Å²) in [6.07, 6.45) is 0. The molecule has 1 N–H and O–H groups in total. The topological polar surface area (TPSA) is 100 Å². The van der Waals surface area contributed by atoms with Crippen molar-refractivity contribution in [3.05, 3.63) is 47.8 Å². The summed E-state index contributed by atoms with van der Waals surface area (Å²) in [6.45, 7) is 0. The molecule has 4 aromatic rings. The van der Waals surface area contributed by atoms with Crippen LogP contribution in [0, 0.1) is 0 Å². The number of anilines is 1. The van der Waals surface area contributed by atoms with Crippen molar-refractivity contribution >= 4 is 34.1 Å². The van der Waals surface area contributed by atoms with E-state index in [9.17, 15) is 4.79 Å². The van der Waals surface area contributed by atoms with Gasteiger partial charge in [-0.25, -0.2) is 4.98 Å². The molecule has 1 amide bonds. The van der Waals surface area contributed by atoms with E-state index >= 15 is 0 Å². The van der Waals surface area contributed by atoms with Crippen molar-refractivity contribution in [2.24, 2.45) is 7.05 Å². The summed E-state index contributed by atoms with van der Waals surface area (Å²) in [5, 5.41) is 14.3. The van der Waals surface area contributed by atoms with E-state index in [4.69, 9.17) is 14.2 Å². The lowest BCUT2D eigenvalue weighted by molar-refractivity contribution is -0.113. The summed E-state index contributed by atoms with van der Waals surface area (Å²) in [7, 11) is 6.69. The minimum absolute atomic E-state index is 0.176. The van der Waals surface area contributed by atoms with Gasteiger partial charge in [-0.1, -0.05) is 11.8 Å². The fourth-order valence-electron chi connectivity index (χ4n) is 3.18. The lowest BCUT2D eigenvalue weighted by Gasteiger charge is -2.08. The van der Waals surface area contributed by atoms with Gasteiger partial charge in [0.1, 0.15) is 17.2 Å². The van der Waals surface area contributed by atoms with E-state index in [0.29, 0.717) is 33.3 Å². The Morgan fingerprint density at radius 2 is 1.76 bits per heavy atom. The average molecular weight is 498 g/mol. The van der Waals surface area contributed by atoms with Crippen LogP contribution in [0.4, 0.5) is 5.13 Å². The van der Waals surface area contributed by atoms with Crippen molar-refractivity contribution in [2.75, 3.05) is 32.4 Å². The van der Waals surface area contributed by atoms with Crippen LogP contribution in [-0.2, 0) is 11.8 Å². The molecule has 176 valence electrons. The second kappa shape index (κ2) is 10.6. The molecule has 2 aromatic carbocycles. The van der Waals surface area contributed by atoms with Crippen LogP contribution in [0.3, 0.4) is 0 Å². The van der Waals surface area contributed by atoms with E-state index < -0.39 is 0 Å². The number of rotatable bonds is 9. The Bertz CT molecular complexity index is 1290. The summed E-state index contributed by atoms with van der Waals surface area (Å²) in [4.78, 5) is 17.0. The second-order valence-corrected chi connectivity index (χ2v) is 8.84. The quantitative estimate of drug-likeness (QED) is 0.341. The summed E-state index contributed by atoms with van der Waals surface area (Å²) in [5.74, 6) is 2.82. The molecule has 4 rings (SSSR count). The summed E-state index contributed by atoms with van der Waals surface area (Å²) in [5.41, 5.74) is 2.45. The smallest absolute Gasteiger partial charge is 0.236 e. The molecular formula is C23H23N5O4S2. The number of ether oxygens (including phenoxy) is 3. The Morgan fingerprint density at radius 3 is 2.47 bits per heavy atom. The lowest BCUT2D eigenvalue weighted by Crippen LogP contribution is -2.14. The molecule has 2 aromatic heterocycles. The molecule has 0 radical (unpaired) electrons. The Balaban J connectivity index is 1.38. The van der Waals surface area contributed by atoms with Crippen LogP contribution in [-0.4, -0.2) is 52.7 Å². The van der Waals surface area contributed by atoms with Gasteiger partial charge in [0.2, 0.25) is 5.91 Å². The molecule has 0 atom stereocenters. The van der Waals surface area contributed by atoms with Crippen LogP contribution >= 0.6 is 23.1 Å². The zero-order chi connectivity index (χ0) is 24.1. The van der Waals surface area contributed by atoms with Crippen LogP contribution in [0.25, 0.3) is 22.6 Å². The molecule has 9 nitrogen and oxygen atoms in total. The van der Waals surface area contributed by atoms with E-state index in [1.165, 1.54) is 23.1 Å². The third kappa shape index (κ3) is 5.15. The maximum Gasteiger partial charge on any atom is 0.236 e.